The van der Waals surface area contributed by atoms with E-state index in [0.717, 1.165) is 11.3 Å². The highest BCUT2D eigenvalue weighted by atomic mass is 16.3. The second kappa shape index (κ2) is 7.45. The second-order valence-corrected chi connectivity index (χ2v) is 7.35. The number of aromatic nitrogens is 1. The van der Waals surface area contributed by atoms with Crippen molar-refractivity contribution in [1.29, 1.82) is 5.26 Å². The lowest BCUT2D eigenvalue weighted by Gasteiger charge is -2.26. The molecule has 5 heteroatoms. The summed E-state index contributed by atoms with van der Waals surface area (Å²) in [5.41, 5.74) is 3.43. The standard InChI is InChI=1S/C20H27N3O2/c1-14-10-16(15(2)23(14)18-6-4-3-5-7-18)11-17(12-21)20(25)22-9-8-19(24)13-22/h10-11,18-19,24H,3-9,13H2,1-2H3/b17-11-/t19-/m1/s1. The molecule has 5 nitrogen and oxygen atoms in total. The fraction of sp³-hybridized carbons (Fsp3) is 0.600. The van der Waals surface area contributed by atoms with Gasteiger partial charge in [0.1, 0.15) is 11.6 Å². The number of likely N-dealkylation sites (tertiary alicyclic amines) is 1. The molecule has 0 radical (unpaired) electrons. The molecule has 1 aliphatic heterocycles. The van der Waals surface area contributed by atoms with Gasteiger partial charge in [-0.05, 0) is 50.8 Å². The Labute approximate surface area is 149 Å². The first-order chi connectivity index (χ1) is 12.0. The Morgan fingerprint density at radius 2 is 2.00 bits per heavy atom. The van der Waals surface area contributed by atoms with Crippen molar-refractivity contribution in [1.82, 2.24) is 9.47 Å². The van der Waals surface area contributed by atoms with Crippen LogP contribution in [0.4, 0.5) is 0 Å². The van der Waals surface area contributed by atoms with E-state index in [0.29, 0.717) is 25.6 Å². The van der Waals surface area contributed by atoms with Crippen molar-refractivity contribution in [3.63, 3.8) is 0 Å². The molecule has 1 saturated carbocycles. The maximum atomic E-state index is 12.5. The molecule has 0 unspecified atom stereocenters. The Morgan fingerprint density at radius 1 is 1.28 bits per heavy atom. The van der Waals surface area contributed by atoms with Crippen molar-refractivity contribution in [2.24, 2.45) is 0 Å². The van der Waals surface area contributed by atoms with Crippen LogP contribution >= 0.6 is 0 Å². The normalized spacial score (nSPS) is 22.2. The number of rotatable bonds is 3. The predicted molar refractivity (Wildman–Crippen MR) is 96.8 cm³/mol. The number of nitriles is 1. The van der Waals surface area contributed by atoms with E-state index in [2.05, 4.69) is 30.6 Å². The highest BCUT2D eigenvalue weighted by Crippen LogP contribution is 2.32. The van der Waals surface area contributed by atoms with Crippen molar-refractivity contribution in [3.05, 3.63) is 28.6 Å². The summed E-state index contributed by atoms with van der Waals surface area (Å²) >= 11 is 0. The van der Waals surface area contributed by atoms with Crippen LogP contribution in [0, 0.1) is 25.2 Å². The molecule has 134 valence electrons. The monoisotopic (exact) mass is 341 g/mol. The van der Waals surface area contributed by atoms with Gasteiger partial charge >= 0.3 is 0 Å². The summed E-state index contributed by atoms with van der Waals surface area (Å²) in [6.07, 6.45) is 8.09. The minimum atomic E-state index is -0.472. The first-order valence-electron chi connectivity index (χ1n) is 9.29. The molecule has 1 atom stereocenters. The highest BCUT2D eigenvalue weighted by Gasteiger charge is 2.27. The van der Waals surface area contributed by atoms with Crippen LogP contribution in [-0.2, 0) is 4.79 Å². The molecule has 1 saturated heterocycles. The summed E-state index contributed by atoms with van der Waals surface area (Å²) in [7, 11) is 0. The largest absolute Gasteiger partial charge is 0.391 e. The van der Waals surface area contributed by atoms with Gasteiger partial charge < -0.3 is 14.6 Å². The van der Waals surface area contributed by atoms with Gasteiger partial charge in [0.25, 0.3) is 5.91 Å². The molecule has 1 aromatic rings. The molecule has 2 fully saturated rings. The number of β-amino-alcohol motifs (C(OH)–C–C–N with tert-alkyl or cyclic N) is 1. The zero-order valence-electron chi connectivity index (χ0n) is 15.2. The number of carbonyl (C=O) groups excluding carboxylic acids is 1. The van der Waals surface area contributed by atoms with Crippen LogP contribution in [0.1, 0.15) is 61.5 Å². The van der Waals surface area contributed by atoms with Crippen LogP contribution in [0.25, 0.3) is 6.08 Å². The zero-order valence-corrected chi connectivity index (χ0v) is 15.2. The van der Waals surface area contributed by atoms with E-state index in [-0.39, 0.29) is 11.5 Å². The fourth-order valence-electron chi connectivity index (χ4n) is 4.24. The molecule has 1 aromatic heterocycles. The quantitative estimate of drug-likeness (QED) is 0.678. The van der Waals surface area contributed by atoms with Gasteiger partial charge in [-0.1, -0.05) is 19.3 Å². The Hall–Kier alpha value is -2.06. The maximum absolute atomic E-state index is 12.5. The third-order valence-corrected chi connectivity index (χ3v) is 5.56. The summed E-state index contributed by atoms with van der Waals surface area (Å²) in [6, 6.07) is 4.67. The van der Waals surface area contributed by atoms with Crippen LogP contribution in [0.2, 0.25) is 0 Å². The molecule has 25 heavy (non-hydrogen) atoms. The van der Waals surface area contributed by atoms with Gasteiger partial charge in [-0.3, -0.25) is 4.79 Å². The summed E-state index contributed by atoms with van der Waals surface area (Å²) in [5, 5.41) is 19.1. The third-order valence-electron chi connectivity index (χ3n) is 5.56. The smallest absolute Gasteiger partial charge is 0.264 e. The number of hydrogen-bond acceptors (Lipinski definition) is 3. The fourth-order valence-corrected chi connectivity index (χ4v) is 4.24. The van der Waals surface area contributed by atoms with Crippen LogP contribution < -0.4 is 0 Å². The molecule has 1 amide bonds. The molecule has 1 N–H and O–H groups in total. The molecule has 0 aromatic carbocycles. The molecule has 3 rings (SSSR count). The molecule has 1 aliphatic carbocycles. The molecular weight excluding hydrogens is 314 g/mol. The van der Waals surface area contributed by atoms with Gasteiger partial charge in [0.15, 0.2) is 0 Å². The van der Waals surface area contributed by atoms with Gasteiger partial charge in [0.05, 0.1) is 6.10 Å². The zero-order chi connectivity index (χ0) is 18.0. The van der Waals surface area contributed by atoms with Crippen molar-refractivity contribution in [2.75, 3.05) is 13.1 Å². The summed E-state index contributed by atoms with van der Waals surface area (Å²) in [5.74, 6) is -0.276. The molecular formula is C20H27N3O2. The Morgan fingerprint density at radius 3 is 2.60 bits per heavy atom. The highest BCUT2D eigenvalue weighted by molar-refractivity contribution is 6.02. The summed E-state index contributed by atoms with van der Waals surface area (Å²) < 4.78 is 2.38. The Balaban J connectivity index is 1.86. The summed E-state index contributed by atoms with van der Waals surface area (Å²) in [4.78, 5) is 14.1. The molecule has 0 bridgehead atoms. The van der Waals surface area contributed by atoms with Gasteiger partial charge in [0.2, 0.25) is 0 Å². The van der Waals surface area contributed by atoms with E-state index in [1.165, 1.54) is 37.8 Å². The van der Waals surface area contributed by atoms with E-state index in [9.17, 15) is 15.2 Å². The van der Waals surface area contributed by atoms with Crippen LogP contribution in [-0.4, -0.2) is 39.7 Å². The van der Waals surface area contributed by atoms with Gasteiger partial charge in [0, 0.05) is 30.5 Å². The lowest BCUT2D eigenvalue weighted by Crippen LogP contribution is -2.30. The topological polar surface area (TPSA) is 69.3 Å². The first-order valence-corrected chi connectivity index (χ1v) is 9.29. The minimum Gasteiger partial charge on any atom is -0.391 e. The predicted octanol–water partition coefficient (Wildman–Crippen LogP) is 3.11. The van der Waals surface area contributed by atoms with Crippen LogP contribution in [0.5, 0.6) is 0 Å². The lowest BCUT2D eigenvalue weighted by atomic mass is 9.95. The van der Waals surface area contributed by atoms with Crippen molar-refractivity contribution in [2.45, 2.75) is 64.5 Å². The number of hydrogen-bond donors (Lipinski definition) is 1. The van der Waals surface area contributed by atoms with Crippen molar-refractivity contribution < 1.29 is 9.90 Å². The summed E-state index contributed by atoms with van der Waals surface area (Å²) in [6.45, 7) is 5.01. The van der Waals surface area contributed by atoms with Gasteiger partial charge in [-0.15, -0.1) is 0 Å². The van der Waals surface area contributed by atoms with E-state index in [1.807, 2.05) is 0 Å². The number of nitrogens with zero attached hydrogens (tertiary/aromatic N) is 3. The van der Waals surface area contributed by atoms with Crippen molar-refractivity contribution >= 4 is 12.0 Å². The number of carbonyl (C=O) groups is 1. The number of aliphatic hydroxyl groups is 1. The first kappa shape index (κ1) is 17.8. The average Bonchev–Trinajstić information content (AvgIpc) is 3.16. The molecule has 2 heterocycles. The van der Waals surface area contributed by atoms with Gasteiger partial charge in [-0.25, -0.2) is 0 Å². The van der Waals surface area contributed by atoms with E-state index in [4.69, 9.17) is 0 Å². The second-order valence-electron chi connectivity index (χ2n) is 7.35. The number of amides is 1. The average molecular weight is 341 g/mol. The third kappa shape index (κ3) is 3.64. The Kier molecular flexibility index (Phi) is 5.29. The lowest BCUT2D eigenvalue weighted by molar-refractivity contribution is -0.125. The van der Waals surface area contributed by atoms with Crippen LogP contribution in [0.15, 0.2) is 11.6 Å². The minimum absolute atomic E-state index is 0.151. The van der Waals surface area contributed by atoms with Gasteiger partial charge in [-0.2, -0.15) is 5.26 Å². The molecule has 2 aliphatic rings. The van der Waals surface area contributed by atoms with E-state index >= 15 is 0 Å². The molecule has 0 spiro atoms. The van der Waals surface area contributed by atoms with Crippen LogP contribution in [0.3, 0.4) is 0 Å². The number of aryl methyl sites for hydroxylation is 1. The Bertz CT molecular complexity index is 720. The van der Waals surface area contributed by atoms with E-state index in [1.54, 1.807) is 11.0 Å². The number of aliphatic hydroxyl groups excluding tert-OH is 1. The van der Waals surface area contributed by atoms with E-state index < -0.39 is 6.10 Å². The van der Waals surface area contributed by atoms with Crippen molar-refractivity contribution in [3.8, 4) is 6.07 Å². The maximum Gasteiger partial charge on any atom is 0.264 e. The SMILES string of the molecule is Cc1cc(/C=C(/C#N)C(=O)N2CC[C@@H](O)C2)c(C)n1C1CCCCC1.